The van der Waals surface area contributed by atoms with Crippen LogP contribution in [0.25, 0.3) is 0 Å². The molecule has 1 rings (SSSR count). The maximum Gasteiger partial charge on any atom is 0.342 e. The number of halogens is 3. The zero-order chi connectivity index (χ0) is 18.5. The Balaban J connectivity index is 3.54. The second-order valence-corrected chi connectivity index (χ2v) is 6.64. The van der Waals surface area contributed by atoms with Crippen LogP contribution in [-0.2, 0) is 9.53 Å². The first kappa shape index (κ1) is 20.7. The molecule has 9 heteroatoms. The highest BCUT2D eigenvalue weighted by Crippen LogP contribution is 2.43. The molecule has 128 valence electrons. The number of anilines is 1. The molecule has 0 radical (unpaired) electrons. The summed E-state index contributed by atoms with van der Waals surface area (Å²) in [7, 11) is 0. The van der Waals surface area contributed by atoms with Crippen molar-refractivity contribution in [1.82, 2.24) is 0 Å². The standard InChI is InChI=1S/C15H14Cl3N3O2S/c1-3-5-15(24,14(22)23-4-2)21-13-9(7-20)10(16)8(6-19)11(17)12(13)18/h21,24H,3-5H2,1-2H3. The fraction of sp³-hybridized carbons (Fsp3) is 0.400. The summed E-state index contributed by atoms with van der Waals surface area (Å²) in [6, 6.07) is 3.67. The van der Waals surface area contributed by atoms with E-state index in [1.807, 2.05) is 13.0 Å². The highest BCUT2D eigenvalue weighted by molar-refractivity contribution is 7.82. The maximum atomic E-state index is 12.3. The minimum absolute atomic E-state index is 0.0321. The van der Waals surface area contributed by atoms with E-state index in [0.29, 0.717) is 12.8 Å². The Labute approximate surface area is 160 Å². The maximum absolute atomic E-state index is 12.3. The van der Waals surface area contributed by atoms with Gasteiger partial charge in [0.1, 0.15) is 12.1 Å². The first-order valence-electron chi connectivity index (χ1n) is 6.95. The Kier molecular flexibility index (Phi) is 7.51. The van der Waals surface area contributed by atoms with Crippen molar-refractivity contribution >= 4 is 59.1 Å². The number of carbonyl (C=O) groups excluding carboxylic acids is 1. The van der Waals surface area contributed by atoms with Gasteiger partial charge < -0.3 is 10.1 Å². The predicted molar refractivity (Wildman–Crippen MR) is 97.8 cm³/mol. The van der Waals surface area contributed by atoms with Gasteiger partial charge in [-0.05, 0) is 13.3 Å². The van der Waals surface area contributed by atoms with E-state index in [4.69, 9.17) is 44.8 Å². The van der Waals surface area contributed by atoms with E-state index in [-0.39, 0.29) is 38.5 Å². The summed E-state index contributed by atoms with van der Waals surface area (Å²) in [5.74, 6) is -0.619. The summed E-state index contributed by atoms with van der Waals surface area (Å²) >= 11 is 22.7. The number of nitriles is 2. The van der Waals surface area contributed by atoms with Gasteiger partial charge in [0.25, 0.3) is 0 Å². The molecule has 0 aliphatic carbocycles. The first-order valence-corrected chi connectivity index (χ1v) is 8.53. The van der Waals surface area contributed by atoms with E-state index in [2.05, 4.69) is 17.9 Å². The lowest BCUT2D eigenvalue weighted by atomic mass is 10.1. The van der Waals surface area contributed by atoms with Crippen LogP contribution in [0.15, 0.2) is 0 Å². The van der Waals surface area contributed by atoms with Crippen molar-refractivity contribution in [2.45, 2.75) is 31.6 Å². The minimum atomic E-state index is -1.43. The molecule has 0 aliphatic heterocycles. The molecular weight excluding hydrogens is 393 g/mol. The Bertz CT molecular complexity index is 743. The SMILES string of the molecule is CCCC(S)(Nc1c(Cl)c(Cl)c(C#N)c(Cl)c1C#N)C(=O)OCC. The van der Waals surface area contributed by atoms with Crippen molar-refractivity contribution in [1.29, 1.82) is 10.5 Å². The number of hydrogen-bond acceptors (Lipinski definition) is 6. The summed E-state index contributed by atoms with van der Waals surface area (Å²) in [5, 5.41) is 21.0. The Morgan fingerprint density at radius 2 is 1.75 bits per heavy atom. The molecule has 0 aliphatic rings. The summed E-state index contributed by atoms with van der Waals surface area (Å²) in [6.07, 6.45) is 0.901. The molecule has 1 unspecified atom stereocenters. The number of nitrogens with one attached hydrogen (secondary N) is 1. The van der Waals surface area contributed by atoms with Crippen molar-refractivity contribution < 1.29 is 9.53 Å². The number of nitrogens with zero attached hydrogens (tertiary/aromatic N) is 2. The third kappa shape index (κ3) is 4.02. The van der Waals surface area contributed by atoms with Gasteiger partial charge in [-0.2, -0.15) is 10.5 Å². The average Bonchev–Trinajstić information content (AvgIpc) is 2.54. The average molecular weight is 407 g/mol. The van der Waals surface area contributed by atoms with Crippen LogP contribution < -0.4 is 5.32 Å². The zero-order valence-electron chi connectivity index (χ0n) is 12.9. The number of benzene rings is 1. The van der Waals surface area contributed by atoms with Gasteiger partial charge in [-0.1, -0.05) is 48.1 Å². The molecule has 0 saturated carbocycles. The fourth-order valence-corrected chi connectivity index (χ4v) is 3.20. The number of ether oxygens (including phenoxy) is 1. The van der Waals surface area contributed by atoms with Gasteiger partial charge in [0.05, 0.1) is 38.5 Å². The predicted octanol–water partition coefficient (Wildman–Crippen LogP) is 4.79. The van der Waals surface area contributed by atoms with Crippen molar-refractivity contribution in [3.8, 4) is 12.1 Å². The highest BCUT2D eigenvalue weighted by atomic mass is 35.5. The summed E-state index contributed by atoms with van der Waals surface area (Å²) in [4.78, 5) is 10.8. The summed E-state index contributed by atoms with van der Waals surface area (Å²) < 4.78 is 5.03. The number of carbonyl (C=O) groups is 1. The quantitative estimate of drug-likeness (QED) is 0.307. The van der Waals surface area contributed by atoms with Crippen LogP contribution in [0.3, 0.4) is 0 Å². The summed E-state index contributed by atoms with van der Waals surface area (Å²) in [5.41, 5.74) is -0.173. The molecule has 0 fully saturated rings. The molecule has 1 aromatic carbocycles. The molecular formula is C15H14Cl3N3O2S. The van der Waals surface area contributed by atoms with E-state index in [1.165, 1.54) is 0 Å². The second-order valence-electron chi connectivity index (χ2n) is 4.75. The van der Waals surface area contributed by atoms with E-state index in [0.717, 1.165) is 0 Å². The molecule has 0 bridgehead atoms. The third-order valence-electron chi connectivity index (χ3n) is 3.10. The lowest BCUT2D eigenvalue weighted by molar-refractivity contribution is -0.145. The monoisotopic (exact) mass is 405 g/mol. The molecule has 1 N–H and O–H groups in total. The molecule has 1 atom stereocenters. The Hall–Kier alpha value is -1.31. The van der Waals surface area contributed by atoms with Crippen LogP contribution >= 0.6 is 47.4 Å². The fourth-order valence-electron chi connectivity index (χ4n) is 2.02. The van der Waals surface area contributed by atoms with E-state index in [1.54, 1.807) is 13.0 Å². The van der Waals surface area contributed by atoms with Gasteiger partial charge in [0.15, 0.2) is 4.87 Å². The van der Waals surface area contributed by atoms with Gasteiger partial charge in [0.2, 0.25) is 0 Å². The second kappa shape index (κ2) is 8.69. The normalized spacial score (nSPS) is 12.7. The van der Waals surface area contributed by atoms with E-state index < -0.39 is 10.8 Å². The zero-order valence-corrected chi connectivity index (χ0v) is 16.1. The van der Waals surface area contributed by atoms with Crippen molar-refractivity contribution in [3.63, 3.8) is 0 Å². The molecule has 0 aromatic heterocycles. The van der Waals surface area contributed by atoms with Crippen LogP contribution in [0.5, 0.6) is 0 Å². The van der Waals surface area contributed by atoms with E-state index >= 15 is 0 Å². The minimum Gasteiger partial charge on any atom is -0.464 e. The molecule has 0 heterocycles. The smallest absolute Gasteiger partial charge is 0.342 e. The van der Waals surface area contributed by atoms with Crippen molar-refractivity contribution in [2.24, 2.45) is 0 Å². The van der Waals surface area contributed by atoms with Crippen LogP contribution in [0.1, 0.15) is 37.8 Å². The number of rotatable bonds is 6. The molecule has 0 saturated heterocycles. The Morgan fingerprint density at radius 3 is 2.21 bits per heavy atom. The van der Waals surface area contributed by atoms with Crippen molar-refractivity contribution in [3.05, 3.63) is 26.2 Å². The summed E-state index contributed by atoms with van der Waals surface area (Å²) in [6.45, 7) is 3.69. The van der Waals surface area contributed by atoms with Gasteiger partial charge in [-0.25, -0.2) is 4.79 Å². The van der Waals surface area contributed by atoms with Crippen molar-refractivity contribution in [2.75, 3.05) is 11.9 Å². The van der Waals surface area contributed by atoms with Crippen LogP contribution in [0.4, 0.5) is 5.69 Å². The topological polar surface area (TPSA) is 85.9 Å². The van der Waals surface area contributed by atoms with Gasteiger partial charge in [-0.15, -0.1) is 12.6 Å². The largest absolute Gasteiger partial charge is 0.464 e. The molecule has 1 aromatic rings. The number of hydrogen-bond donors (Lipinski definition) is 2. The van der Waals surface area contributed by atoms with Gasteiger partial charge >= 0.3 is 5.97 Å². The Morgan fingerprint density at radius 1 is 1.17 bits per heavy atom. The number of thiol groups is 1. The third-order valence-corrected chi connectivity index (χ3v) is 4.85. The van der Waals surface area contributed by atoms with Crippen LogP contribution in [-0.4, -0.2) is 17.4 Å². The molecule has 24 heavy (non-hydrogen) atoms. The lowest BCUT2D eigenvalue weighted by Crippen LogP contribution is -2.42. The molecule has 0 spiro atoms. The number of esters is 1. The first-order chi connectivity index (χ1) is 11.3. The highest BCUT2D eigenvalue weighted by Gasteiger charge is 2.37. The van der Waals surface area contributed by atoms with E-state index in [9.17, 15) is 10.1 Å². The van der Waals surface area contributed by atoms with Gasteiger partial charge in [0, 0.05) is 0 Å². The lowest BCUT2D eigenvalue weighted by Gasteiger charge is -2.29. The van der Waals surface area contributed by atoms with Gasteiger partial charge in [-0.3, -0.25) is 0 Å². The molecule has 0 amide bonds. The van der Waals surface area contributed by atoms with Crippen LogP contribution in [0.2, 0.25) is 15.1 Å². The van der Waals surface area contributed by atoms with Crippen LogP contribution in [0, 0.1) is 22.7 Å². The molecule has 5 nitrogen and oxygen atoms in total.